The lowest BCUT2D eigenvalue weighted by atomic mass is 10.2. The first-order valence-corrected chi connectivity index (χ1v) is 8.33. The maximum absolute atomic E-state index is 11.7. The minimum absolute atomic E-state index is 0. The number of halogens is 1. The van der Waals surface area contributed by atoms with Crippen LogP contribution in [0.15, 0.2) is 30.6 Å². The Hall–Kier alpha value is -1.41. The van der Waals surface area contributed by atoms with Crippen LogP contribution in [0.25, 0.3) is 0 Å². The first-order valence-electron chi connectivity index (χ1n) is 7.35. The van der Waals surface area contributed by atoms with Crippen molar-refractivity contribution in [1.82, 2.24) is 10.2 Å². The van der Waals surface area contributed by atoms with Gasteiger partial charge in [-0.05, 0) is 6.42 Å². The molecule has 1 aromatic heterocycles. The van der Waals surface area contributed by atoms with Gasteiger partial charge in [-0.3, -0.25) is 19.3 Å². The van der Waals surface area contributed by atoms with Crippen LogP contribution in [0.5, 0.6) is 0 Å². The van der Waals surface area contributed by atoms with E-state index in [0.29, 0.717) is 13.0 Å². The van der Waals surface area contributed by atoms with Crippen LogP contribution in [0.3, 0.4) is 0 Å². The highest BCUT2D eigenvalue weighted by Crippen LogP contribution is 2.17. The highest BCUT2D eigenvalue weighted by molar-refractivity contribution is 8.14. The average molecular weight is 402 g/mol. The molecule has 126 valence electrons. The number of nitrogens with one attached hydrogen (secondary N) is 1. The van der Waals surface area contributed by atoms with E-state index in [9.17, 15) is 14.4 Å². The lowest BCUT2D eigenvalue weighted by Gasteiger charge is -2.12. The van der Waals surface area contributed by atoms with Crippen LogP contribution >= 0.6 is 11.8 Å². The van der Waals surface area contributed by atoms with E-state index in [1.165, 1.54) is 4.90 Å². The Bertz CT molecular complexity index is 526. The van der Waals surface area contributed by atoms with E-state index >= 15 is 0 Å². The lowest BCUT2D eigenvalue weighted by Crippen LogP contribution is -3.00. The minimum Gasteiger partial charge on any atom is -1.00 e. The topological polar surface area (TPSA) is 70.4 Å². The predicted octanol–water partition coefficient (Wildman–Crippen LogP) is -2.04. The third-order valence-electron chi connectivity index (χ3n) is 3.35. The molecule has 1 aromatic rings. The fourth-order valence-corrected chi connectivity index (χ4v) is 2.91. The van der Waals surface area contributed by atoms with E-state index in [1.807, 2.05) is 30.6 Å². The molecule has 0 radical (unpaired) electrons. The Morgan fingerprint density at radius 3 is 2.61 bits per heavy atom. The van der Waals surface area contributed by atoms with Gasteiger partial charge in [0.15, 0.2) is 12.4 Å². The number of aromatic nitrogens is 1. The minimum atomic E-state index is -0.223. The molecule has 1 aliphatic rings. The molecule has 1 aliphatic heterocycles. The molecule has 1 N–H and O–H groups in total. The van der Waals surface area contributed by atoms with Gasteiger partial charge < -0.3 is 22.3 Å². The number of hydrogen-bond acceptors (Lipinski definition) is 4. The van der Waals surface area contributed by atoms with Gasteiger partial charge in [-0.25, -0.2) is 4.57 Å². The molecule has 3 amide bonds. The van der Waals surface area contributed by atoms with Crippen LogP contribution < -0.4 is 26.9 Å². The Labute approximate surface area is 150 Å². The quantitative estimate of drug-likeness (QED) is 0.402. The molecule has 0 spiro atoms. The van der Waals surface area contributed by atoms with Gasteiger partial charge in [0.1, 0.15) is 6.54 Å². The van der Waals surface area contributed by atoms with E-state index in [4.69, 9.17) is 0 Å². The van der Waals surface area contributed by atoms with E-state index in [-0.39, 0.29) is 46.3 Å². The van der Waals surface area contributed by atoms with E-state index < -0.39 is 0 Å². The SMILES string of the molecule is O=C(CCCC[n+]1ccccc1)NCCN1C(=O)CSC1=O.[Br-]. The van der Waals surface area contributed by atoms with Crippen molar-refractivity contribution in [2.75, 3.05) is 18.8 Å². The van der Waals surface area contributed by atoms with Crippen molar-refractivity contribution in [3.8, 4) is 0 Å². The second-order valence-electron chi connectivity index (χ2n) is 5.02. The van der Waals surface area contributed by atoms with E-state index in [0.717, 1.165) is 31.1 Å². The standard InChI is InChI=1S/C15H19N3O3S.BrH/c19-13(6-2-5-10-17-8-3-1-4-9-17)16-7-11-18-14(20)12-22-15(18)21;/h1,3-4,8-9H,2,5-7,10-12H2;1H. The third kappa shape index (κ3) is 6.70. The summed E-state index contributed by atoms with van der Waals surface area (Å²) in [6, 6.07) is 5.93. The summed E-state index contributed by atoms with van der Waals surface area (Å²) in [5.41, 5.74) is 0. The van der Waals surface area contributed by atoms with Crippen molar-refractivity contribution in [3.05, 3.63) is 30.6 Å². The number of unbranched alkanes of at least 4 members (excludes halogenated alkanes) is 1. The number of carbonyl (C=O) groups is 3. The summed E-state index contributed by atoms with van der Waals surface area (Å²) in [5.74, 6) is -0.00171. The number of pyridine rings is 1. The normalized spacial score (nSPS) is 13.8. The number of aryl methyl sites for hydroxylation is 1. The Kier molecular flexibility index (Phi) is 8.86. The van der Waals surface area contributed by atoms with Gasteiger partial charge in [-0.1, -0.05) is 17.8 Å². The number of rotatable bonds is 8. The number of thioether (sulfide) groups is 1. The Morgan fingerprint density at radius 1 is 1.22 bits per heavy atom. The Balaban J connectivity index is 0.00000264. The van der Waals surface area contributed by atoms with Crippen LogP contribution in [0.1, 0.15) is 19.3 Å². The molecule has 0 unspecified atom stereocenters. The molecule has 0 atom stereocenters. The van der Waals surface area contributed by atoms with Crippen molar-refractivity contribution >= 4 is 28.8 Å². The molecule has 1 fully saturated rings. The molecule has 0 bridgehead atoms. The first kappa shape index (κ1) is 19.6. The second-order valence-corrected chi connectivity index (χ2v) is 5.95. The van der Waals surface area contributed by atoms with Gasteiger partial charge in [0.05, 0.1) is 5.75 Å². The fourth-order valence-electron chi connectivity index (χ4n) is 2.16. The molecule has 1 saturated heterocycles. The van der Waals surface area contributed by atoms with Crippen molar-refractivity contribution in [2.45, 2.75) is 25.8 Å². The summed E-state index contributed by atoms with van der Waals surface area (Å²) in [6.07, 6.45) is 6.21. The Morgan fingerprint density at radius 2 is 1.96 bits per heavy atom. The van der Waals surface area contributed by atoms with Crippen LogP contribution in [-0.2, 0) is 16.1 Å². The second kappa shape index (κ2) is 10.4. The molecule has 8 heteroatoms. The van der Waals surface area contributed by atoms with Gasteiger partial charge in [0.25, 0.3) is 5.24 Å². The maximum atomic E-state index is 11.7. The van der Waals surface area contributed by atoms with Crippen molar-refractivity contribution < 1.29 is 35.9 Å². The van der Waals surface area contributed by atoms with Crippen LogP contribution in [-0.4, -0.2) is 40.8 Å². The summed E-state index contributed by atoms with van der Waals surface area (Å²) in [4.78, 5) is 35.6. The zero-order chi connectivity index (χ0) is 15.8. The van der Waals surface area contributed by atoms with Crippen molar-refractivity contribution in [3.63, 3.8) is 0 Å². The van der Waals surface area contributed by atoms with Gasteiger partial charge in [0.2, 0.25) is 11.8 Å². The molecule has 0 saturated carbocycles. The third-order valence-corrected chi connectivity index (χ3v) is 4.20. The molecule has 2 rings (SSSR count). The van der Waals surface area contributed by atoms with Crippen LogP contribution in [0, 0.1) is 0 Å². The zero-order valence-electron chi connectivity index (χ0n) is 12.7. The summed E-state index contributed by atoms with van der Waals surface area (Å²) >= 11 is 1.01. The van der Waals surface area contributed by atoms with Gasteiger partial charge in [-0.2, -0.15) is 0 Å². The van der Waals surface area contributed by atoms with Crippen molar-refractivity contribution in [1.29, 1.82) is 0 Å². The van der Waals surface area contributed by atoms with Crippen LogP contribution in [0.2, 0.25) is 0 Å². The molecule has 6 nitrogen and oxygen atoms in total. The molecule has 2 heterocycles. The predicted molar refractivity (Wildman–Crippen MR) is 83.1 cm³/mol. The highest BCUT2D eigenvalue weighted by atomic mass is 79.9. The van der Waals surface area contributed by atoms with E-state index in [1.54, 1.807) is 0 Å². The molecule has 0 aliphatic carbocycles. The number of nitrogens with zero attached hydrogens (tertiary/aromatic N) is 2. The van der Waals surface area contributed by atoms with Gasteiger partial charge in [0, 0.05) is 38.1 Å². The number of hydrogen-bond donors (Lipinski definition) is 1. The summed E-state index contributed by atoms with van der Waals surface area (Å²) in [7, 11) is 0. The fraction of sp³-hybridized carbons (Fsp3) is 0.467. The summed E-state index contributed by atoms with van der Waals surface area (Å²) in [6.45, 7) is 1.47. The highest BCUT2D eigenvalue weighted by Gasteiger charge is 2.29. The first-order chi connectivity index (χ1) is 10.7. The zero-order valence-corrected chi connectivity index (χ0v) is 15.1. The molecule has 0 aromatic carbocycles. The maximum Gasteiger partial charge on any atom is 0.288 e. The van der Waals surface area contributed by atoms with Crippen molar-refractivity contribution in [2.24, 2.45) is 0 Å². The molecular weight excluding hydrogens is 382 g/mol. The largest absolute Gasteiger partial charge is 1.00 e. The average Bonchev–Trinajstić information content (AvgIpc) is 2.84. The number of imide groups is 1. The summed E-state index contributed by atoms with van der Waals surface area (Å²) in [5, 5.41) is 2.53. The molecule has 23 heavy (non-hydrogen) atoms. The molecular formula is C15H20BrN3O3S. The number of amides is 3. The summed E-state index contributed by atoms with van der Waals surface area (Å²) < 4.78 is 2.08. The monoisotopic (exact) mass is 401 g/mol. The van der Waals surface area contributed by atoms with Gasteiger partial charge in [-0.15, -0.1) is 0 Å². The lowest BCUT2D eigenvalue weighted by molar-refractivity contribution is -0.697. The smallest absolute Gasteiger partial charge is 0.288 e. The number of carbonyl (C=O) groups excluding carboxylic acids is 3. The van der Waals surface area contributed by atoms with Gasteiger partial charge >= 0.3 is 0 Å². The van der Waals surface area contributed by atoms with Crippen LogP contribution in [0.4, 0.5) is 4.79 Å². The van der Waals surface area contributed by atoms with E-state index in [2.05, 4.69) is 9.88 Å².